The van der Waals surface area contributed by atoms with Gasteiger partial charge in [0.25, 0.3) is 5.69 Å². The van der Waals surface area contributed by atoms with E-state index in [0.717, 1.165) is 5.56 Å². The number of benzene rings is 1. The Hall–Kier alpha value is -2.61. The molecule has 0 radical (unpaired) electrons. The van der Waals surface area contributed by atoms with Gasteiger partial charge in [-0.25, -0.2) is 0 Å². The highest BCUT2D eigenvalue weighted by Crippen LogP contribution is 2.29. The molecule has 0 fully saturated rings. The van der Waals surface area contributed by atoms with Gasteiger partial charge in [0.1, 0.15) is 5.76 Å². The summed E-state index contributed by atoms with van der Waals surface area (Å²) in [5.41, 5.74) is -0.0217. The van der Waals surface area contributed by atoms with Crippen LogP contribution in [0.25, 0.3) is 0 Å². The van der Waals surface area contributed by atoms with Gasteiger partial charge in [0.15, 0.2) is 0 Å². The Bertz CT molecular complexity index is 611. The molecule has 1 unspecified atom stereocenters. The molecular weight excluding hydrogens is 244 g/mol. The summed E-state index contributed by atoms with van der Waals surface area (Å²) in [4.78, 5) is 10.2. The SMILES string of the molecule is CC(C#N)(Cc1ccco1)c1ccc([N+](=O)[O-])cc1. The molecular formula is C14H12N2O3. The van der Waals surface area contributed by atoms with E-state index in [0.29, 0.717) is 12.2 Å². The highest BCUT2D eigenvalue weighted by Gasteiger charge is 2.28. The maximum atomic E-state index is 10.6. The number of nitriles is 1. The zero-order valence-corrected chi connectivity index (χ0v) is 10.4. The zero-order chi connectivity index (χ0) is 13.9. The van der Waals surface area contributed by atoms with E-state index in [1.54, 1.807) is 37.5 Å². The molecule has 0 aliphatic carbocycles. The number of hydrogen-bond donors (Lipinski definition) is 0. The molecule has 0 amide bonds. The van der Waals surface area contributed by atoms with Gasteiger partial charge in [0.2, 0.25) is 0 Å². The molecule has 1 aromatic carbocycles. The summed E-state index contributed by atoms with van der Waals surface area (Å²) in [5, 5.41) is 20.0. The van der Waals surface area contributed by atoms with Crippen molar-refractivity contribution in [2.75, 3.05) is 0 Å². The van der Waals surface area contributed by atoms with Crippen molar-refractivity contribution in [1.82, 2.24) is 0 Å². The van der Waals surface area contributed by atoms with E-state index in [2.05, 4.69) is 6.07 Å². The molecule has 0 saturated heterocycles. The molecule has 0 aliphatic heterocycles. The first-order chi connectivity index (χ1) is 9.05. The standard InChI is InChI=1S/C14H12N2O3/c1-14(10-15,9-13-3-2-8-19-13)11-4-6-12(7-5-11)16(17)18/h2-8H,9H2,1H3. The number of hydrogen-bond acceptors (Lipinski definition) is 4. The predicted molar refractivity (Wildman–Crippen MR) is 68.5 cm³/mol. The van der Waals surface area contributed by atoms with Crippen molar-refractivity contribution in [3.63, 3.8) is 0 Å². The average molecular weight is 256 g/mol. The van der Waals surface area contributed by atoms with Crippen molar-refractivity contribution in [1.29, 1.82) is 5.26 Å². The van der Waals surface area contributed by atoms with E-state index in [4.69, 9.17) is 4.42 Å². The molecule has 2 aromatic rings. The largest absolute Gasteiger partial charge is 0.469 e. The molecule has 5 heteroatoms. The monoisotopic (exact) mass is 256 g/mol. The van der Waals surface area contributed by atoms with Crippen LogP contribution < -0.4 is 0 Å². The molecule has 0 aliphatic rings. The van der Waals surface area contributed by atoms with E-state index < -0.39 is 10.3 Å². The Morgan fingerprint density at radius 1 is 1.37 bits per heavy atom. The topological polar surface area (TPSA) is 80.1 Å². The van der Waals surface area contributed by atoms with E-state index in [1.807, 2.05) is 0 Å². The summed E-state index contributed by atoms with van der Waals surface area (Å²) >= 11 is 0. The molecule has 19 heavy (non-hydrogen) atoms. The molecule has 2 rings (SSSR count). The Balaban J connectivity index is 2.30. The molecule has 1 heterocycles. The minimum Gasteiger partial charge on any atom is -0.469 e. The summed E-state index contributed by atoms with van der Waals surface area (Å²) < 4.78 is 5.26. The second-order valence-electron chi connectivity index (χ2n) is 4.50. The van der Waals surface area contributed by atoms with E-state index in [9.17, 15) is 15.4 Å². The van der Waals surface area contributed by atoms with Crippen molar-refractivity contribution in [2.45, 2.75) is 18.8 Å². The first kappa shape index (κ1) is 12.8. The van der Waals surface area contributed by atoms with E-state index in [-0.39, 0.29) is 5.69 Å². The highest BCUT2D eigenvalue weighted by molar-refractivity contribution is 5.40. The molecule has 5 nitrogen and oxygen atoms in total. The van der Waals surface area contributed by atoms with Crippen molar-refractivity contribution in [2.24, 2.45) is 0 Å². The third-order valence-electron chi connectivity index (χ3n) is 3.07. The highest BCUT2D eigenvalue weighted by atomic mass is 16.6. The Kier molecular flexibility index (Phi) is 3.34. The lowest BCUT2D eigenvalue weighted by molar-refractivity contribution is -0.384. The van der Waals surface area contributed by atoms with Crippen molar-refractivity contribution >= 4 is 5.69 Å². The van der Waals surface area contributed by atoms with Gasteiger partial charge in [0, 0.05) is 18.6 Å². The van der Waals surface area contributed by atoms with Gasteiger partial charge in [-0.05, 0) is 24.6 Å². The molecule has 1 aromatic heterocycles. The van der Waals surface area contributed by atoms with Gasteiger partial charge >= 0.3 is 0 Å². The maximum absolute atomic E-state index is 10.6. The molecule has 0 bridgehead atoms. The predicted octanol–water partition coefficient (Wildman–Crippen LogP) is 3.21. The summed E-state index contributed by atoms with van der Waals surface area (Å²) in [5.74, 6) is 0.711. The summed E-state index contributed by atoms with van der Waals surface area (Å²) in [6.45, 7) is 1.79. The molecule has 96 valence electrons. The minimum atomic E-state index is -0.771. The lowest BCUT2D eigenvalue weighted by atomic mass is 9.80. The van der Waals surface area contributed by atoms with Crippen LogP contribution in [-0.4, -0.2) is 4.92 Å². The zero-order valence-electron chi connectivity index (χ0n) is 10.4. The number of furan rings is 1. The lowest BCUT2D eigenvalue weighted by Gasteiger charge is -2.20. The third kappa shape index (κ3) is 2.63. The number of non-ortho nitro benzene ring substituents is 1. The van der Waals surface area contributed by atoms with Gasteiger partial charge in [-0.2, -0.15) is 5.26 Å². The second kappa shape index (κ2) is 4.94. The summed E-state index contributed by atoms with van der Waals surface area (Å²) in [6, 6.07) is 11.9. The Morgan fingerprint density at radius 3 is 2.53 bits per heavy atom. The summed E-state index contributed by atoms with van der Waals surface area (Å²) in [7, 11) is 0. The smallest absolute Gasteiger partial charge is 0.269 e. The van der Waals surface area contributed by atoms with Crippen LogP contribution in [0.4, 0.5) is 5.69 Å². The van der Waals surface area contributed by atoms with Gasteiger partial charge in [-0.15, -0.1) is 0 Å². The van der Waals surface area contributed by atoms with Gasteiger partial charge < -0.3 is 4.42 Å². The fourth-order valence-electron chi connectivity index (χ4n) is 1.92. The maximum Gasteiger partial charge on any atom is 0.269 e. The molecule has 0 saturated carbocycles. The third-order valence-corrected chi connectivity index (χ3v) is 3.07. The lowest BCUT2D eigenvalue weighted by Crippen LogP contribution is -2.22. The summed E-state index contributed by atoms with van der Waals surface area (Å²) in [6.07, 6.45) is 1.98. The Labute approximate surface area is 110 Å². The fraction of sp³-hybridized carbons (Fsp3) is 0.214. The van der Waals surface area contributed by atoms with Crippen molar-refractivity contribution in [3.8, 4) is 6.07 Å². The van der Waals surface area contributed by atoms with Crippen molar-refractivity contribution < 1.29 is 9.34 Å². The second-order valence-corrected chi connectivity index (χ2v) is 4.50. The fourth-order valence-corrected chi connectivity index (χ4v) is 1.92. The van der Waals surface area contributed by atoms with E-state index in [1.165, 1.54) is 12.1 Å². The Morgan fingerprint density at radius 2 is 2.05 bits per heavy atom. The van der Waals surface area contributed by atoms with Gasteiger partial charge in [-0.1, -0.05) is 12.1 Å². The van der Waals surface area contributed by atoms with Crippen LogP contribution in [0.5, 0.6) is 0 Å². The normalized spacial score (nSPS) is 13.5. The van der Waals surface area contributed by atoms with Crippen LogP contribution in [-0.2, 0) is 11.8 Å². The number of nitro benzene ring substituents is 1. The van der Waals surface area contributed by atoms with Crippen LogP contribution in [0.1, 0.15) is 18.2 Å². The number of nitrogens with zero attached hydrogens (tertiary/aromatic N) is 2. The van der Waals surface area contributed by atoms with Gasteiger partial charge in [0.05, 0.1) is 22.7 Å². The van der Waals surface area contributed by atoms with Crippen LogP contribution >= 0.6 is 0 Å². The van der Waals surface area contributed by atoms with Crippen LogP contribution in [0.2, 0.25) is 0 Å². The quantitative estimate of drug-likeness (QED) is 0.621. The number of rotatable bonds is 4. The molecule has 0 spiro atoms. The molecule has 1 atom stereocenters. The average Bonchev–Trinajstić information content (AvgIpc) is 2.91. The van der Waals surface area contributed by atoms with Gasteiger partial charge in [-0.3, -0.25) is 10.1 Å². The first-order valence-corrected chi connectivity index (χ1v) is 5.74. The van der Waals surface area contributed by atoms with E-state index >= 15 is 0 Å². The number of nitro groups is 1. The van der Waals surface area contributed by atoms with Crippen molar-refractivity contribution in [3.05, 3.63) is 64.1 Å². The molecule has 0 N–H and O–H groups in total. The van der Waals surface area contributed by atoms with Crippen LogP contribution in [0.15, 0.2) is 47.1 Å². The van der Waals surface area contributed by atoms with Crippen LogP contribution in [0.3, 0.4) is 0 Å². The minimum absolute atomic E-state index is 0.0158. The first-order valence-electron chi connectivity index (χ1n) is 5.74. The van der Waals surface area contributed by atoms with Crippen LogP contribution in [0, 0.1) is 21.4 Å².